The van der Waals surface area contributed by atoms with E-state index in [1.54, 1.807) is 0 Å². The van der Waals surface area contributed by atoms with Crippen LogP contribution in [0.15, 0.2) is 126 Å². The maximum absolute atomic E-state index is 6.64. The highest BCUT2D eigenvalue weighted by Crippen LogP contribution is 2.40. The molecule has 0 N–H and O–H groups in total. The lowest BCUT2D eigenvalue weighted by Crippen LogP contribution is -1.98. The fourth-order valence-corrected chi connectivity index (χ4v) is 5.72. The first kappa shape index (κ1) is 21.8. The van der Waals surface area contributed by atoms with Gasteiger partial charge in [-0.25, -0.2) is 4.98 Å². The quantitative estimate of drug-likeness (QED) is 0.242. The van der Waals surface area contributed by atoms with E-state index >= 15 is 0 Å². The molecule has 0 atom stereocenters. The van der Waals surface area contributed by atoms with Crippen LogP contribution in [0, 0.1) is 6.92 Å². The smallest absolute Gasteiger partial charge is 0.149 e. The van der Waals surface area contributed by atoms with Gasteiger partial charge in [-0.3, -0.25) is 9.55 Å². The van der Waals surface area contributed by atoms with Crippen LogP contribution in [-0.2, 0) is 0 Å². The van der Waals surface area contributed by atoms with Crippen molar-refractivity contribution in [2.75, 3.05) is 0 Å². The number of pyridine rings is 1. The lowest BCUT2D eigenvalue weighted by Gasteiger charge is -2.11. The van der Waals surface area contributed by atoms with E-state index in [1.165, 1.54) is 5.56 Å². The minimum atomic E-state index is 0.833. The molecule has 8 rings (SSSR count). The monoisotopic (exact) mass is 501 g/mol. The zero-order valence-electron chi connectivity index (χ0n) is 21.3. The van der Waals surface area contributed by atoms with Crippen LogP contribution in [0.2, 0.25) is 0 Å². The number of benzene rings is 5. The molecule has 184 valence electrons. The molecule has 8 aromatic rings. The van der Waals surface area contributed by atoms with Crippen molar-refractivity contribution in [3.05, 3.63) is 127 Å². The number of aromatic nitrogens is 3. The molecule has 0 aliphatic heterocycles. The summed E-state index contributed by atoms with van der Waals surface area (Å²) >= 11 is 0. The number of para-hydroxylation sites is 3. The van der Waals surface area contributed by atoms with Crippen molar-refractivity contribution in [2.24, 2.45) is 0 Å². The zero-order valence-corrected chi connectivity index (χ0v) is 21.3. The predicted octanol–water partition coefficient (Wildman–Crippen LogP) is 9.12. The Morgan fingerprint density at radius 3 is 2.21 bits per heavy atom. The third-order valence-corrected chi connectivity index (χ3v) is 7.53. The summed E-state index contributed by atoms with van der Waals surface area (Å²) in [5, 5.41) is 3.25. The molecule has 0 fully saturated rings. The van der Waals surface area contributed by atoms with E-state index < -0.39 is 0 Å². The van der Waals surface area contributed by atoms with Crippen LogP contribution in [0.1, 0.15) is 5.69 Å². The Balaban J connectivity index is 1.46. The van der Waals surface area contributed by atoms with E-state index in [-0.39, 0.29) is 0 Å². The molecule has 3 heterocycles. The van der Waals surface area contributed by atoms with Crippen molar-refractivity contribution in [1.29, 1.82) is 0 Å². The third-order valence-electron chi connectivity index (χ3n) is 7.53. The standard InChI is InChI=1S/C35H23N3O/c1-22-32-33(28-15-8-9-18-30(28)36-22)38(25-13-6-3-7-14-25)35(37-32)29-17-10-16-27-26-20-19-24(21-31(26)39-34(27)29)23-11-4-2-5-12-23/h2-21H,1H3. The lowest BCUT2D eigenvalue weighted by atomic mass is 10.0. The first-order chi connectivity index (χ1) is 19.3. The molecule has 0 unspecified atom stereocenters. The Bertz CT molecular complexity index is 2170. The van der Waals surface area contributed by atoms with Crippen molar-refractivity contribution >= 4 is 43.9 Å². The second kappa shape index (κ2) is 8.40. The lowest BCUT2D eigenvalue weighted by molar-refractivity contribution is 0.669. The summed E-state index contributed by atoms with van der Waals surface area (Å²) in [5.41, 5.74) is 9.81. The van der Waals surface area contributed by atoms with Crippen molar-refractivity contribution in [1.82, 2.24) is 14.5 Å². The molecule has 0 saturated heterocycles. The predicted molar refractivity (Wildman–Crippen MR) is 159 cm³/mol. The molecule has 0 amide bonds. The van der Waals surface area contributed by atoms with Gasteiger partial charge in [0.05, 0.1) is 22.3 Å². The number of fused-ring (bicyclic) bond motifs is 6. The van der Waals surface area contributed by atoms with Gasteiger partial charge in [0, 0.05) is 21.8 Å². The fourth-order valence-electron chi connectivity index (χ4n) is 5.72. The molecule has 4 nitrogen and oxygen atoms in total. The highest BCUT2D eigenvalue weighted by Gasteiger charge is 2.22. The number of imidazole rings is 1. The van der Waals surface area contributed by atoms with E-state index in [4.69, 9.17) is 14.4 Å². The van der Waals surface area contributed by atoms with E-state index in [0.717, 1.165) is 72.2 Å². The summed E-state index contributed by atoms with van der Waals surface area (Å²) in [5.74, 6) is 0.838. The van der Waals surface area contributed by atoms with Gasteiger partial charge in [-0.2, -0.15) is 0 Å². The summed E-state index contributed by atoms with van der Waals surface area (Å²) in [6.07, 6.45) is 0. The highest BCUT2D eigenvalue weighted by molar-refractivity contribution is 6.11. The zero-order chi connectivity index (χ0) is 25.9. The maximum atomic E-state index is 6.64. The van der Waals surface area contributed by atoms with Gasteiger partial charge in [0.2, 0.25) is 0 Å². The molecule has 0 aliphatic rings. The van der Waals surface area contributed by atoms with E-state index in [2.05, 4.69) is 108 Å². The molecule has 3 aromatic heterocycles. The molecule has 0 radical (unpaired) electrons. The highest BCUT2D eigenvalue weighted by atomic mass is 16.3. The minimum absolute atomic E-state index is 0.833. The van der Waals surface area contributed by atoms with Crippen LogP contribution in [-0.4, -0.2) is 14.5 Å². The Hall–Kier alpha value is -5.22. The summed E-state index contributed by atoms with van der Waals surface area (Å²) in [4.78, 5) is 10.1. The molecule has 0 bridgehead atoms. The van der Waals surface area contributed by atoms with Crippen LogP contribution in [0.5, 0.6) is 0 Å². The number of rotatable bonds is 3. The van der Waals surface area contributed by atoms with Gasteiger partial charge in [-0.05, 0) is 54.4 Å². The molecule has 0 spiro atoms. The Morgan fingerprint density at radius 1 is 0.615 bits per heavy atom. The van der Waals surface area contributed by atoms with Crippen LogP contribution < -0.4 is 0 Å². The number of furan rings is 1. The molecule has 0 saturated carbocycles. The summed E-state index contributed by atoms with van der Waals surface area (Å²) in [6.45, 7) is 2.04. The van der Waals surface area contributed by atoms with E-state index in [1.807, 2.05) is 25.1 Å². The number of nitrogens with zero attached hydrogens (tertiary/aromatic N) is 3. The average molecular weight is 502 g/mol. The topological polar surface area (TPSA) is 43.9 Å². The van der Waals surface area contributed by atoms with Gasteiger partial charge in [0.1, 0.15) is 22.5 Å². The van der Waals surface area contributed by atoms with Gasteiger partial charge < -0.3 is 4.42 Å². The molecule has 0 aliphatic carbocycles. The Labute approximate surface area is 224 Å². The molecule has 39 heavy (non-hydrogen) atoms. The first-order valence-electron chi connectivity index (χ1n) is 13.1. The van der Waals surface area contributed by atoms with Gasteiger partial charge in [0.15, 0.2) is 0 Å². The average Bonchev–Trinajstić information content (AvgIpc) is 3.58. The van der Waals surface area contributed by atoms with E-state index in [9.17, 15) is 0 Å². The maximum Gasteiger partial charge on any atom is 0.149 e. The van der Waals surface area contributed by atoms with Gasteiger partial charge >= 0.3 is 0 Å². The second-order valence-corrected chi connectivity index (χ2v) is 9.88. The SMILES string of the molecule is Cc1nc2ccccc2c2c1nc(-c1cccc3c1oc1cc(-c4ccccc4)ccc13)n2-c1ccccc1. The number of aryl methyl sites for hydroxylation is 1. The van der Waals surface area contributed by atoms with E-state index in [0.29, 0.717) is 0 Å². The van der Waals surface area contributed by atoms with Crippen molar-refractivity contribution < 1.29 is 4.42 Å². The van der Waals surface area contributed by atoms with Crippen LogP contribution in [0.4, 0.5) is 0 Å². The molecular weight excluding hydrogens is 478 g/mol. The fraction of sp³-hybridized carbons (Fsp3) is 0.0286. The Morgan fingerprint density at radius 2 is 1.36 bits per heavy atom. The Kier molecular flexibility index (Phi) is 4.70. The summed E-state index contributed by atoms with van der Waals surface area (Å²) < 4.78 is 8.89. The van der Waals surface area contributed by atoms with Crippen molar-refractivity contribution in [3.63, 3.8) is 0 Å². The van der Waals surface area contributed by atoms with Crippen molar-refractivity contribution in [2.45, 2.75) is 6.92 Å². The second-order valence-electron chi connectivity index (χ2n) is 9.88. The molecule has 5 aromatic carbocycles. The number of hydrogen-bond donors (Lipinski definition) is 0. The molecule has 4 heteroatoms. The minimum Gasteiger partial charge on any atom is -0.455 e. The van der Waals surface area contributed by atoms with Gasteiger partial charge in [-0.15, -0.1) is 0 Å². The summed E-state index contributed by atoms with van der Waals surface area (Å²) in [6, 6.07) is 41.9. The van der Waals surface area contributed by atoms with Gasteiger partial charge in [-0.1, -0.05) is 84.9 Å². The van der Waals surface area contributed by atoms with Crippen LogP contribution in [0.3, 0.4) is 0 Å². The van der Waals surface area contributed by atoms with Crippen LogP contribution >= 0.6 is 0 Å². The largest absolute Gasteiger partial charge is 0.455 e. The summed E-state index contributed by atoms with van der Waals surface area (Å²) in [7, 11) is 0. The first-order valence-corrected chi connectivity index (χ1v) is 13.1. The van der Waals surface area contributed by atoms with Crippen LogP contribution in [0.25, 0.3) is 72.1 Å². The number of hydrogen-bond acceptors (Lipinski definition) is 3. The third kappa shape index (κ3) is 3.32. The molecular formula is C35H23N3O. The van der Waals surface area contributed by atoms with Gasteiger partial charge in [0.25, 0.3) is 0 Å². The van der Waals surface area contributed by atoms with Crippen molar-refractivity contribution in [3.8, 4) is 28.2 Å². The normalized spacial score (nSPS) is 11.7.